The zero-order valence-electron chi connectivity index (χ0n) is 22.5. The van der Waals surface area contributed by atoms with Crippen LogP contribution in [-0.4, -0.2) is 29.0 Å². The van der Waals surface area contributed by atoms with Crippen LogP contribution >= 0.6 is 11.6 Å². The van der Waals surface area contributed by atoms with Crippen molar-refractivity contribution in [1.82, 2.24) is 4.57 Å². The number of benzene rings is 2. The Bertz CT molecular complexity index is 1280. The van der Waals surface area contributed by atoms with Gasteiger partial charge in [0.2, 0.25) is 0 Å². The van der Waals surface area contributed by atoms with Crippen LogP contribution < -0.4 is 4.74 Å². The van der Waals surface area contributed by atoms with E-state index in [0.717, 1.165) is 42.5 Å². The Labute approximate surface area is 230 Å². The van der Waals surface area contributed by atoms with Crippen LogP contribution in [0.25, 0.3) is 5.69 Å². The Morgan fingerprint density at radius 2 is 1.63 bits per heavy atom. The quantitative estimate of drug-likeness (QED) is 0.231. The van der Waals surface area contributed by atoms with Crippen LogP contribution in [0.5, 0.6) is 5.75 Å². The molecule has 2 heterocycles. The maximum Gasteiger partial charge on any atom is 0.317 e. The molecule has 2 aromatic carbocycles. The lowest BCUT2D eigenvalue weighted by Gasteiger charge is -2.43. The number of aryl methyl sites for hydroxylation is 3. The van der Waals surface area contributed by atoms with Crippen molar-refractivity contribution in [2.45, 2.75) is 70.8 Å². The van der Waals surface area contributed by atoms with E-state index in [1.54, 1.807) is 7.11 Å². The van der Waals surface area contributed by atoms with Crippen LogP contribution in [0.4, 0.5) is 0 Å². The predicted molar refractivity (Wildman–Crippen MR) is 149 cm³/mol. The zero-order valence-corrected chi connectivity index (χ0v) is 23.2. The first-order valence-corrected chi connectivity index (χ1v) is 14.0. The monoisotopic (exact) mass is 533 g/mol. The summed E-state index contributed by atoms with van der Waals surface area (Å²) < 4.78 is 13.8. The lowest BCUT2D eigenvalue weighted by Crippen LogP contribution is -2.52. The molecule has 3 aromatic rings. The number of nitrogens with zero attached hydrogens (tertiary/aromatic N) is 1. The summed E-state index contributed by atoms with van der Waals surface area (Å²) in [5.41, 5.74) is 4.69. The molecule has 38 heavy (non-hydrogen) atoms. The Morgan fingerprint density at radius 3 is 2.24 bits per heavy atom. The van der Waals surface area contributed by atoms with E-state index >= 15 is 0 Å². The van der Waals surface area contributed by atoms with Crippen molar-refractivity contribution in [3.8, 4) is 11.4 Å². The van der Waals surface area contributed by atoms with E-state index in [1.807, 2.05) is 30.3 Å². The largest absolute Gasteiger partial charge is 0.495 e. The highest BCUT2D eigenvalue weighted by molar-refractivity contribution is 6.32. The first kappa shape index (κ1) is 26.6. The molecule has 0 N–H and O–H groups in total. The topological polar surface area (TPSA) is 57.5 Å². The lowest BCUT2D eigenvalue weighted by atomic mass is 9.73. The van der Waals surface area contributed by atoms with Gasteiger partial charge in [-0.3, -0.25) is 9.59 Å². The van der Waals surface area contributed by atoms with Gasteiger partial charge in [0.05, 0.1) is 12.1 Å². The number of esters is 1. The number of hydrogen-bond donors (Lipinski definition) is 0. The Hall–Kier alpha value is -3.05. The molecule has 5 rings (SSSR count). The van der Waals surface area contributed by atoms with Crippen LogP contribution in [-0.2, 0) is 27.2 Å². The number of halogens is 1. The third-order valence-corrected chi connectivity index (χ3v) is 8.80. The summed E-state index contributed by atoms with van der Waals surface area (Å²) in [5, 5.41) is 0.560. The van der Waals surface area contributed by atoms with Crippen LogP contribution in [0.15, 0.2) is 54.6 Å². The fourth-order valence-corrected chi connectivity index (χ4v) is 6.67. The Balaban J connectivity index is 1.31. The summed E-state index contributed by atoms with van der Waals surface area (Å²) in [6.07, 6.45) is 6.18. The summed E-state index contributed by atoms with van der Waals surface area (Å²) >= 11 is 6.34. The number of carbonyl (C=O) groups excluding carboxylic acids is 2. The Kier molecular flexibility index (Phi) is 7.67. The number of methoxy groups -OCH3 is 1. The fourth-order valence-electron chi connectivity index (χ4n) is 6.39. The molecule has 2 aliphatic rings. The van der Waals surface area contributed by atoms with E-state index in [9.17, 15) is 9.59 Å². The first-order valence-electron chi connectivity index (χ1n) is 13.6. The summed E-state index contributed by atoms with van der Waals surface area (Å²) in [6.45, 7) is 4.16. The van der Waals surface area contributed by atoms with Gasteiger partial charge >= 0.3 is 5.97 Å². The molecule has 5 nitrogen and oxygen atoms in total. The molecule has 0 bridgehead atoms. The number of carbonyl (C=O) groups is 2. The highest BCUT2D eigenvalue weighted by Crippen LogP contribution is 2.45. The first-order chi connectivity index (χ1) is 18.3. The van der Waals surface area contributed by atoms with Crippen molar-refractivity contribution >= 4 is 23.4 Å². The van der Waals surface area contributed by atoms with E-state index in [1.165, 1.54) is 11.4 Å². The number of hydrogen-bond acceptors (Lipinski definition) is 4. The van der Waals surface area contributed by atoms with Gasteiger partial charge < -0.3 is 14.0 Å². The van der Waals surface area contributed by atoms with Gasteiger partial charge in [-0.2, -0.15) is 0 Å². The molecule has 1 aliphatic carbocycles. The second kappa shape index (κ2) is 11.0. The summed E-state index contributed by atoms with van der Waals surface area (Å²) in [6, 6.07) is 18.1. The SMILES string of the molecule is COc1ccc(CCC2(C3CCCC3)CC(=O)C(Cc3ccc(-n4c(C)ccc4C)cc3)C(=O)O2)cc1Cl. The fraction of sp³-hybridized carbons (Fsp3) is 0.438. The predicted octanol–water partition coefficient (Wildman–Crippen LogP) is 6.99. The minimum atomic E-state index is -0.749. The average molecular weight is 534 g/mol. The van der Waals surface area contributed by atoms with Gasteiger partial charge in [0.25, 0.3) is 0 Å². The number of ether oxygens (including phenoxy) is 2. The van der Waals surface area contributed by atoms with Crippen molar-refractivity contribution in [3.05, 3.63) is 82.1 Å². The Morgan fingerprint density at radius 1 is 0.974 bits per heavy atom. The minimum Gasteiger partial charge on any atom is -0.495 e. The molecule has 0 spiro atoms. The maximum atomic E-state index is 13.5. The molecule has 2 unspecified atom stereocenters. The van der Waals surface area contributed by atoms with Crippen molar-refractivity contribution in [2.24, 2.45) is 11.8 Å². The third-order valence-electron chi connectivity index (χ3n) is 8.51. The molecule has 1 aromatic heterocycles. The van der Waals surface area contributed by atoms with E-state index in [4.69, 9.17) is 21.1 Å². The number of aromatic nitrogens is 1. The highest BCUT2D eigenvalue weighted by Gasteiger charge is 2.51. The molecule has 1 aliphatic heterocycles. The summed E-state index contributed by atoms with van der Waals surface area (Å²) in [5.74, 6) is -0.267. The third kappa shape index (κ3) is 5.26. The van der Waals surface area contributed by atoms with Crippen molar-refractivity contribution in [2.75, 3.05) is 7.11 Å². The summed E-state index contributed by atoms with van der Waals surface area (Å²) in [4.78, 5) is 26.9. The molecule has 0 radical (unpaired) electrons. The van der Waals surface area contributed by atoms with E-state index < -0.39 is 11.5 Å². The van der Waals surface area contributed by atoms with Gasteiger partial charge in [-0.25, -0.2) is 0 Å². The standard InChI is InChI=1S/C32H36ClNO4/c1-21-8-9-22(2)34(21)26-13-10-23(11-14-26)18-27-29(35)20-32(38-31(27)36,25-6-4-5-7-25)17-16-24-12-15-30(37-3)28(33)19-24/h8-15,19,25,27H,4-7,16-18,20H2,1-3H3. The minimum absolute atomic E-state index is 0.00193. The smallest absolute Gasteiger partial charge is 0.317 e. The van der Waals surface area contributed by atoms with E-state index in [2.05, 4.69) is 42.7 Å². The van der Waals surface area contributed by atoms with Crippen molar-refractivity contribution < 1.29 is 19.1 Å². The van der Waals surface area contributed by atoms with Crippen molar-refractivity contribution in [1.29, 1.82) is 0 Å². The number of Topliss-reactive ketones (excluding diaryl/α,β-unsaturated/α-hetero) is 1. The average Bonchev–Trinajstić information content (AvgIpc) is 3.56. The number of rotatable bonds is 8. The van der Waals surface area contributed by atoms with Gasteiger partial charge in [-0.1, -0.05) is 42.6 Å². The second-order valence-electron chi connectivity index (χ2n) is 11.0. The molecule has 6 heteroatoms. The molecular formula is C32H36ClNO4. The van der Waals surface area contributed by atoms with Crippen LogP contribution in [0.2, 0.25) is 5.02 Å². The van der Waals surface area contributed by atoms with E-state index in [-0.39, 0.29) is 24.1 Å². The molecule has 0 amide bonds. The molecule has 200 valence electrons. The molecular weight excluding hydrogens is 498 g/mol. The van der Waals surface area contributed by atoms with Crippen LogP contribution in [0.3, 0.4) is 0 Å². The second-order valence-corrected chi connectivity index (χ2v) is 11.4. The van der Waals surface area contributed by atoms with Crippen molar-refractivity contribution in [3.63, 3.8) is 0 Å². The number of ketones is 1. The molecule has 2 atom stereocenters. The highest BCUT2D eigenvalue weighted by atomic mass is 35.5. The summed E-state index contributed by atoms with van der Waals surface area (Å²) in [7, 11) is 1.60. The van der Waals surface area contributed by atoms with E-state index in [0.29, 0.717) is 30.0 Å². The molecule has 1 saturated carbocycles. The van der Waals surface area contributed by atoms with Gasteiger partial charge in [0.1, 0.15) is 17.3 Å². The van der Waals surface area contributed by atoms with Gasteiger partial charge in [0, 0.05) is 23.5 Å². The molecule has 1 saturated heterocycles. The zero-order chi connectivity index (χ0) is 26.9. The van der Waals surface area contributed by atoms with Crippen LogP contribution in [0.1, 0.15) is 61.0 Å². The molecule has 2 fully saturated rings. The lowest BCUT2D eigenvalue weighted by molar-refractivity contribution is -0.185. The van der Waals surface area contributed by atoms with Gasteiger partial charge in [-0.05, 0) is 99.4 Å². The van der Waals surface area contributed by atoms with Gasteiger partial charge in [0.15, 0.2) is 5.78 Å². The number of cyclic esters (lactones) is 1. The van der Waals surface area contributed by atoms with Crippen LogP contribution in [0, 0.1) is 25.7 Å². The maximum absolute atomic E-state index is 13.5. The normalized spacial score (nSPS) is 22.1. The van der Waals surface area contributed by atoms with Gasteiger partial charge in [-0.15, -0.1) is 0 Å².